The summed E-state index contributed by atoms with van der Waals surface area (Å²) in [6.45, 7) is 0. The van der Waals surface area contributed by atoms with Crippen LogP contribution >= 0.6 is 7.92 Å². The van der Waals surface area contributed by atoms with Gasteiger partial charge in [0.15, 0.2) is 11.8 Å². The molecule has 0 saturated heterocycles. The normalized spacial score (nSPS) is 26.9. The van der Waals surface area contributed by atoms with Gasteiger partial charge in [-0.2, -0.15) is 0 Å². The van der Waals surface area contributed by atoms with Crippen LogP contribution in [0.3, 0.4) is 0 Å². The van der Waals surface area contributed by atoms with Crippen molar-refractivity contribution in [3.63, 3.8) is 0 Å². The minimum absolute atomic E-state index is 0.153. The molecule has 164 valence electrons. The Morgan fingerprint density at radius 1 is 0.636 bits per heavy atom. The minimum atomic E-state index is -0.562. The molecule has 5 heteroatoms. The zero-order valence-electron chi connectivity index (χ0n) is 18.3. The Hall–Kier alpha value is -2.97. The first-order valence-corrected chi connectivity index (χ1v) is 13.5. The van der Waals surface area contributed by atoms with Crippen LogP contribution in [-0.2, 0) is 22.3 Å². The van der Waals surface area contributed by atoms with Crippen LogP contribution in [0.2, 0.25) is 0 Å². The largest absolute Gasteiger partial charge is 0.474 e. The molecule has 33 heavy (non-hydrogen) atoms. The molecule has 3 aromatic carbocycles. The van der Waals surface area contributed by atoms with Gasteiger partial charge in [-0.3, -0.25) is 0 Å². The molecule has 2 heterocycles. The highest BCUT2D eigenvalue weighted by Gasteiger charge is 2.41. The summed E-state index contributed by atoms with van der Waals surface area (Å²) in [7, 11) is -0.562. The first-order valence-electron chi connectivity index (χ1n) is 11.7. The third-order valence-electron chi connectivity index (χ3n) is 7.21. The average molecular weight is 452 g/mol. The highest BCUT2D eigenvalue weighted by atomic mass is 31.1. The Morgan fingerprint density at radius 2 is 1.12 bits per heavy atom. The van der Waals surface area contributed by atoms with E-state index in [1.807, 2.05) is 0 Å². The van der Waals surface area contributed by atoms with Gasteiger partial charge in [-0.05, 0) is 27.6 Å². The van der Waals surface area contributed by atoms with E-state index in [2.05, 4.69) is 78.9 Å². The summed E-state index contributed by atoms with van der Waals surface area (Å²) in [6, 6.07) is 28.3. The summed E-state index contributed by atoms with van der Waals surface area (Å²) in [5.41, 5.74) is 5.41. The second-order valence-corrected chi connectivity index (χ2v) is 11.5. The quantitative estimate of drug-likeness (QED) is 0.513. The lowest BCUT2D eigenvalue weighted by molar-refractivity contribution is 0.204. The number of rotatable bonds is 5. The van der Waals surface area contributed by atoms with Gasteiger partial charge in [0, 0.05) is 25.2 Å². The van der Waals surface area contributed by atoms with Gasteiger partial charge in [0.1, 0.15) is 24.3 Å². The van der Waals surface area contributed by atoms with E-state index in [0.717, 1.165) is 37.0 Å². The molecule has 0 amide bonds. The van der Waals surface area contributed by atoms with Gasteiger partial charge in [0.25, 0.3) is 0 Å². The fourth-order valence-corrected chi connectivity index (χ4v) is 7.71. The highest BCUT2D eigenvalue weighted by molar-refractivity contribution is 7.67. The Bertz CT molecular complexity index is 1190. The van der Waals surface area contributed by atoms with Crippen molar-refractivity contribution in [1.82, 2.24) is 0 Å². The first-order chi connectivity index (χ1) is 16.3. The van der Waals surface area contributed by atoms with Crippen molar-refractivity contribution in [2.75, 3.05) is 12.3 Å². The average Bonchev–Trinajstić information content (AvgIpc) is 3.58. The number of ether oxygens (including phenoxy) is 2. The monoisotopic (exact) mass is 452 g/mol. The van der Waals surface area contributed by atoms with Gasteiger partial charge in [0.05, 0.1) is 0 Å². The summed E-state index contributed by atoms with van der Waals surface area (Å²) in [5.74, 6) is 1.80. The zero-order valence-corrected chi connectivity index (χ0v) is 19.2. The lowest BCUT2D eigenvalue weighted by Gasteiger charge is -2.19. The molecule has 1 unspecified atom stereocenters. The maximum Gasteiger partial charge on any atom is 0.189 e. The zero-order chi connectivity index (χ0) is 21.8. The number of hydrogen-bond acceptors (Lipinski definition) is 4. The maximum absolute atomic E-state index is 6.39. The molecule has 2 aliphatic carbocycles. The first kappa shape index (κ1) is 19.5. The molecule has 2 aliphatic heterocycles. The van der Waals surface area contributed by atoms with Crippen LogP contribution in [-0.4, -0.2) is 36.3 Å². The molecule has 0 bridgehead atoms. The van der Waals surface area contributed by atoms with Crippen LogP contribution < -0.4 is 5.30 Å². The number of hydrogen-bond donors (Lipinski definition) is 0. The van der Waals surface area contributed by atoms with E-state index >= 15 is 0 Å². The molecule has 0 N–H and O–H groups in total. The van der Waals surface area contributed by atoms with Gasteiger partial charge < -0.3 is 9.47 Å². The van der Waals surface area contributed by atoms with E-state index in [1.165, 1.54) is 27.6 Å². The summed E-state index contributed by atoms with van der Waals surface area (Å²) < 4.78 is 12.8. The van der Waals surface area contributed by atoms with Crippen molar-refractivity contribution in [1.29, 1.82) is 0 Å². The van der Waals surface area contributed by atoms with E-state index < -0.39 is 7.92 Å². The van der Waals surface area contributed by atoms with Crippen molar-refractivity contribution in [3.05, 3.63) is 101 Å². The van der Waals surface area contributed by atoms with Crippen LogP contribution in [0.15, 0.2) is 88.8 Å². The van der Waals surface area contributed by atoms with E-state index in [0.29, 0.717) is 0 Å². The van der Waals surface area contributed by atoms with Gasteiger partial charge in [-0.1, -0.05) is 86.8 Å². The lowest BCUT2D eigenvalue weighted by Crippen LogP contribution is -2.21. The number of fused-ring (bicyclic) bond motifs is 6. The summed E-state index contributed by atoms with van der Waals surface area (Å²) in [4.78, 5) is 10.1. The smallest absolute Gasteiger partial charge is 0.189 e. The molecule has 0 aromatic heterocycles. The van der Waals surface area contributed by atoms with Gasteiger partial charge in [-0.25, -0.2) is 9.98 Å². The van der Waals surface area contributed by atoms with E-state index in [9.17, 15) is 0 Å². The molecular formula is C28H25N2O2P. The Kier molecular flexibility index (Phi) is 4.62. The third kappa shape index (κ3) is 3.40. The van der Waals surface area contributed by atoms with Crippen molar-refractivity contribution >= 4 is 25.0 Å². The van der Waals surface area contributed by atoms with Gasteiger partial charge in [0.2, 0.25) is 0 Å². The van der Waals surface area contributed by atoms with Crippen molar-refractivity contribution in [2.24, 2.45) is 9.98 Å². The summed E-state index contributed by atoms with van der Waals surface area (Å²) in [6.07, 6.45) is 3.89. The van der Waals surface area contributed by atoms with E-state index in [4.69, 9.17) is 19.5 Å². The molecule has 0 saturated carbocycles. The molecule has 0 radical (unpaired) electrons. The fraction of sp³-hybridized carbons (Fsp3) is 0.286. The molecule has 4 nitrogen and oxygen atoms in total. The summed E-state index contributed by atoms with van der Waals surface area (Å²) >= 11 is 0. The molecule has 7 rings (SSSR count). The van der Waals surface area contributed by atoms with Crippen LogP contribution in [0.5, 0.6) is 0 Å². The predicted octanol–water partition coefficient (Wildman–Crippen LogP) is 4.98. The second kappa shape index (κ2) is 7.81. The van der Waals surface area contributed by atoms with Crippen LogP contribution in [0.25, 0.3) is 0 Å². The molecule has 5 atom stereocenters. The Labute approximate surface area is 195 Å². The SMILES string of the molecule is c1ccc(P(CC2=N[C@@H]3c4ccccc4C[C@@H]3O2)CC2=N[C@H]3c4ccccc4C[C@H]3O2)cc1. The minimum Gasteiger partial charge on any atom is -0.474 e. The molecule has 0 fully saturated rings. The number of aliphatic imine (C=N–C) groups is 2. The Morgan fingerprint density at radius 3 is 1.67 bits per heavy atom. The second-order valence-electron chi connectivity index (χ2n) is 9.25. The van der Waals surface area contributed by atoms with Gasteiger partial charge >= 0.3 is 0 Å². The molecular weight excluding hydrogens is 427 g/mol. The van der Waals surface area contributed by atoms with Crippen molar-refractivity contribution in [2.45, 2.75) is 37.1 Å². The standard InChI is InChI=1S/C28H25N2O2P/c1-2-10-20(11-3-1)33(16-25-29-27-21-12-6-4-8-18(21)14-23(27)31-25)17-26-30-28-22-13-7-5-9-19(22)15-24(28)32-26/h1-13,23-24,27-28H,14-17H2/t23-,24+,27+,28-,33?. The predicted molar refractivity (Wildman–Crippen MR) is 133 cm³/mol. The molecule has 4 aliphatic rings. The lowest BCUT2D eigenvalue weighted by atomic mass is 10.1. The fourth-order valence-electron chi connectivity index (χ4n) is 5.67. The van der Waals surface area contributed by atoms with E-state index in [1.54, 1.807) is 0 Å². The van der Waals surface area contributed by atoms with Crippen molar-refractivity contribution < 1.29 is 9.47 Å². The summed E-state index contributed by atoms with van der Waals surface area (Å²) in [5, 5.41) is 1.35. The Balaban J connectivity index is 1.14. The van der Waals surface area contributed by atoms with Crippen LogP contribution in [0.1, 0.15) is 34.3 Å². The number of benzene rings is 3. The molecule has 3 aromatic rings. The maximum atomic E-state index is 6.39. The number of nitrogens with zero attached hydrogens (tertiary/aromatic N) is 2. The highest BCUT2D eigenvalue weighted by Crippen LogP contribution is 2.45. The van der Waals surface area contributed by atoms with Crippen molar-refractivity contribution in [3.8, 4) is 0 Å². The topological polar surface area (TPSA) is 43.2 Å². The van der Waals surface area contributed by atoms with E-state index in [-0.39, 0.29) is 24.3 Å². The third-order valence-corrected chi connectivity index (χ3v) is 9.54. The van der Waals surface area contributed by atoms with Crippen LogP contribution in [0, 0.1) is 0 Å². The van der Waals surface area contributed by atoms with Crippen LogP contribution in [0.4, 0.5) is 0 Å². The molecule has 0 spiro atoms. The van der Waals surface area contributed by atoms with Gasteiger partial charge in [-0.15, -0.1) is 0 Å².